The second-order valence-electron chi connectivity index (χ2n) is 3.66. The zero-order valence-corrected chi connectivity index (χ0v) is 12.2. The van der Waals surface area contributed by atoms with Crippen LogP contribution in [0.5, 0.6) is 0 Å². The van der Waals surface area contributed by atoms with Gasteiger partial charge in [0.05, 0.1) is 0 Å². The van der Waals surface area contributed by atoms with Crippen LogP contribution in [0.4, 0.5) is 5.95 Å². The van der Waals surface area contributed by atoms with Crippen LogP contribution in [0.1, 0.15) is 13.3 Å². The molecule has 19 heavy (non-hydrogen) atoms. The average Bonchev–Trinajstić information content (AvgIpc) is 2.92. The summed E-state index contributed by atoms with van der Waals surface area (Å²) < 4.78 is 1.55. The fourth-order valence-electron chi connectivity index (χ4n) is 1.43. The Labute approximate surface area is 121 Å². The highest BCUT2D eigenvalue weighted by atomic mass is 35.5. The van der Waals surface area contributed by atoms with Crippen LogP contribution in [0.15, 0.2) is 18.5 Å². The van der Waals surface area contributed by atoms with Crippen LogP contribution in [-0.2, 0) is 0 Å². The molecule has 0 aliphatic rings. The first kappa shape index (κ1) is 14.1. The Bertz CT molecular complexity index is 504. The molecule has 1 N–H and O–H groups in total. The Kier molecular flexibility index (Phi) is 5.41. The van der Waals surface area contributed by atoms with Crippen molar-refractivity contribution in [2.24, 2.45) is 0 Å². The van der Waals surface area contributed by atoms with Gasteiger partial charge >= 0.3 is 0 Å². The van der Waals surface area contributed by atoms with Crippen molar-refractivity contribution in [1.29, 1.82) is 0 Å². The topological polar surface area (TPSA) is 68.5 Å². The summed E-state index contributed by atoms with van der Waals surface area (Å²) >= 11 is 7.80. The molecule has 0 bridgehead atoms. The second-order valence-corrected chi connectivity index (χ2v) is 5.39. The van der Waals surface area contributed by atoms with E-state index in [0.717, 1.165) is 24.5 Å². The standard InChI is InChI=1S/C11H15ClN6S/c1-2-19-8-4-5-13-10-15-9(12)16-11(17-10)18-7-3-6-14-18/h3,6-7H,2,4-5,8H2,1H3,(H,13,15,16,17). The molecule has 2 rings (SSSR count). The fraction of sp³-hybridized carbons (Fsp3) is 0.455. The third kappa shape index (κ3) is 4.36. The van der Waals surface area contributed by atoms with E-state index in [1.54, 1.807) is 23.1 Å². The minimum Gasteiger partial charge on any atom is -0.354 e. The average molecular weight is 299 g/mol. The summed E-state index contributed by atoms with van der Waals surface area (Å²) in [7, 11) is 0. The quantitative estimate of drug-likeness (QED) is 0.791. The number of anilines is 1. The summed E-state index contributed by atoms with van der Waals surface area (Å²) in [6.45, 7) is 2.96. The van der Waals surface area contributed by atoms with Gasteiger partial charge in [-0.15, -0.1) is 0 Å². The van der Waals surface area contributed by atoms with Crippen molar-refractivity contribution < 1.29 is 0 Å². The molecule has 2 aromatic heterocycles. The Morgan fingerprint density at radius 2 is 2.26 bits per heavy atom. The smallest absolute Gasteiger partial charge is 0.256 e. The molecule has 8 heteroatoms. The molecule has 0 aliphatic heterocycles. The summed E-state index contributed by atoms with van der Waals surface area (Å²) in [5.74, 6) is 3.15. The zero-order valence-electron chi connectivity index (χ0n) is 10.6. The van der Waals surface area contributed by atoms with Gasteiger partial charge in [-0.1, -0.05) is 6.92 Å². The normalized spacial score (nSPS) is 10.6. The Balaban J connectivity index is 1.97. The maximum atomic E-state index is 5.88. The zero-order chi connectivity index (χ0) is 13.5. The molecule has 0 atom stereocenters. The molecule has 0 radical (unpaired) electrons. The van der Waals surface area contributed by atoms with Crippen molar-refractivity contribution in [2.75, 3.05) is 23.4 Å². The molecule has 0 amide bonds. The van der Waals surface area contributed by atoms with Gasteiger partial charge in [-0.3, -0.25) is 0 Å². The summed E-state index contributed by atoms with van der Waals surface area (Å²) in [4.78, 5) is 12.3. The van der Waals surface area contributed by atoms with Crippen molar-refractivity contribution in [3.05, 3.63) is 23.7 Å². The van der Waals surface area contributed by atoms with Gasteiger partial charge in [0.15, 0.2) is 0 Å². The minimum atomic E-state index is 0.158. The van der Waals surface area contributed by atoms with Gasteiger partial charge in [0.2, 0.25) is 11.2 Å². The van der Waals surface area contributed by atoms with Crippen LogP contribution in [0, 0.1) is 0 Å². The maximum absolute atomic E-state index is 5.88. The number of hydrogen-bond donors (Lipinski definition) is 1. The van der Waals surface area contributed by atoms with Gasteiger partial charge in [-0.25, -0.2) is 4.68 Å². The van der Waals surface area contributed by atoms with Crippen molar-refractivity contribution in [3.63, 3.8) is 0 Å². The third-order valence-electron chi connectivity index (χ3n) is 2.26. The van der Waals surface area contributed by atoms with E-state index in [1.165, 1.54) is 0 Å². The predicted octanol–water partition coefficient (Wildman–Crippen LogP) is 2.27. The van der Waals surface area contributed by atoms with Crippen LogP contribution in [0.2, 0.25) is 5.28 Å². The van der Waals surface area contributed by atoms with Crippen molar-refractivity contribution >= 4 is 29.3 Å². The molecule has 2 aromatic rings. The first-order chi connectivity index (χ1) is 9.29. The number of nitrogens with one attached hydrogen (secondary N) is 1. The number of halogens is 1. The van der Waals surface area contributed by atoms with E-state index in [-0.39, 0.29) is 5.28 Å². The molecule has 0 aromatic carbocycles. The van der Waals surface area contributed by atoms with E-state index in [9.17, 15) is 0 Å². The molecule has 0 aliphatic carbocycles. The van der Waals surface area contributed by atoms with E-state index < -0.39 is 0 Å². The van der Waals surface area contributed by atoms with Crippen LogP contribution in [-0.4, -0.2) is 42.8 Å². The summed E-state index contributed by atoms with van der Waals surface area (Å²) in [6.07, 6.45) is 4.47. The molecule has 102 valence electrons. The van der Waals surface area contributed by atoms with E-state index in [0.29, 0.717) is 11.9 Å². The van der Waals surface area contributed by atoms with Crippen molar-refractivity contribution in [3.8, 4) is 5.95 Å². The van der Waals surface area contributed by atoms with Crippen LogP contribution in [0.3, 0.4) is 0 Å². The first-order valence-corrected chi connectivity index (χ1v) is 7.56. The Morgan fingerprint density at radius 1 is 1.37 bits per heavy atom. The van der Waals surface area contributed by atoms with Crippen LogP contribution in [0.25, 0.3) is 5.95 Å². The fourth-order valence-corrected chi connectivity index (χ4v) is 2.22. The SMILES string of the molecule is CCSCCCNc1nc(Cl)nc(-n2cccn2)n1. The molecule has 0 unspecified atom stereocenters. The lowest BCUT2D eigenvalue weighted by molar-refractivity contribution is 0.793. The number of rotatable bonds is 7. The molecule has 0 spiro atoms. The van der Waals surface area contributed by atoms with Crippen molar-refractivity contribution in [1.82, 2.24) is 24.7 Å². The molecule has 0 fully saturated rings. The number of nitrogens with zero attached hydrogens (tertiary/aromatic N) is 5. The minimum absolute atomic E-state index is 0.158. The van der Waals surface area contributed by atoms with Gasteiger partial charge in [-0.2, -0.15) is 31.8 Å². The lowest BCUT2D eigenvalue weighted by atomic mass is 10.5. The second kappa shape index (κ2) is 7.30. The molecule has 6 nitrogen and oxygen atoms in total. The van der Waals surface area contributed by atoms with Gasteiger partial charge < -0.3 is 5.32 Å². The van der Waals surface area contributed by atoms with Gasteiger partial charge in [0, 0.05) is 18.9 Å². The highest BCUT2D eigenvalue weighted by molar-refractivity contribution is 7.99. The molecular formula is C11H15ClN6S. The summed E-state index contributed by atoms with van der Waals surface area (Å²) in [5, 5.41) is 7.37. The summed E-state index contributed by atoms with van der Waals surface area (Å²) in [6, 6.07) is 1.80. The van der Waals surface area contributed by atoms with Crippen LogP contribution >= 0.6 is 23.4 Å². The van der Waals surface area contributed by atoms with E-state index in [4.69, 9.17) is 11.6 Å². The van der Waals surface area contributed by atoms with Gasteiger partial charge in [0.25, 0.3) is 5.95 Å². The largest absolute Gasteiger partial charge is 0.354 e. The van der Waals surface area contributed by atoms with Crippen LogP contribution < -0.4 is 5.32 Å². The third-order valence-corrected chi connectivity index (χ3v) is 3.41. The molecule has 0 saturated carbocycles. The lowest BCUT2D eigenvalue weighted by Gasteiger charge is -2.06. The van der Waals surface area contributed by atoms with Gasteiger partial charge in [-0.05, 0) is 35.6 Å². The van der Waals surface area contributed by atoms with E-state index in [2.05, 4.69) is 32.3 Å². The van der Waals surface area contributed by atoms with Gasteiger partial charge in [0.1, 0.15) is 0 Å². The maximum Gasteiger partial charge on any atom is 0.256 e. The number of aromatic nitrogens is 5. The van der Waals surface area contributed by atoms with Crippen molar-refractivity contribution in [2.45, 2.75) is 13.3 Å². The Morgan fingerprint density at radius 3 is 3.00 bits per heavy atom. The monoisotopic (exact) mass is 298 g/mol. The molecule has 0 saturated heterocycles. The number of thioether (sulfide) groups is 1. The molecular weight excluding hydrogens is 284 g/mol. The highest BCUT2D eigenvalue weighted by Crippen LogP contribution is 2.09. The Hall–Kier alpha value is -1.34. The predicted molar refractivity (Wildman–Crippen MR) is 78.1 cm³/mol. The first-order valence-electron chi connectivity index (χ1n) is 6.03. The van der Waals surface area contributed by atoms with E-state index >= 15 is 0 Å². The molecule has 2 heterocycles. The summed E-state index contributed by atoms with van der Waals surface area (Å²) in [5.41, 5.74) is 0. The highest BCUT2D eigenvalue weighted by Gasteiger charge is 2.06. The lowest BCUT2D eigenvalue weighted by Crippen LogP contribution is -2.10. The van der Waals surface area contributed by atoms with E-state index in [1.807, 2.05) is 11.8 Å². The number of hydrogen-bond acceptors (Lipinski definition) is 6.